The number of carbonyl (C=O) groups excluding carboxylic acids is 2. The van der Waals surface area contributed by atoms with E-state index in [2.05, 4.69) is 10.6 Å². The zero-order chi connectivity index (χ0) is 13.0. The normalized spacial score (nSPS) is 27.9. The maximum absolute atomic E-state index is 12.3. The Balaban J connectivity index is 1.92. The molecule has 1 unspecified atom stereocenters. The number of ether oxygens (including phenoxy) is 1. The van der Waals surface area contributed by atoms with Crippen LogP contribution in [0.4, 0.5) is 4.79 Å². The molecule has 2 N–H and O–H groups in total. The molecule has 2 aliphatic rings. The van der Waals surface area contributed by atoms with Gasteiger partial charge in [-0.1, -0.05) is 0 Å². The zero-order valence-electron chi connectivity index (χ0n) is 10.8. The Labute approximate surface area is 107 Å². The molecule has 0 aromatic heterocycles. The van der Waals surface area contributed by atoms with Gasteiger partial charge in [-0.25, -0.2) is 4.79 Å². The lowest BCUT2D eigenvalue weighted by atomic mass is 9.90. The van der Waals surface area contributed by atoms with Gasteiger partial charge < -0.3 is 15.4 Å². The van der Waals surface area contributed by atoms with Gasteiger partial charge in [-0.15, -0.1) is 0 Å². The first kappa shape index (κ1) is 13.3. The molecule has 6 heteroatoms. The highest BCUT2D eigenvalue weighted by molar-refractivity contribution is 6.07. The van der Waals surface area contributed by atoms with Gasteiger partial charge in [0.25, 0.3) is 5.91 Å². The minimum absolute atomic E-state index is 0.0869. The summed E-state index contributed by atoms with van der Waals surface area (Å²) in [6.45, 7) is 5.06. The summed E-state index contributed by atoms with van der Waals surface area (Å²) in [6, 6.07) is -0.264. The van der Waals surface area contributed by atoms with E-state index < -0.39 is 5.54 Å². The number of amides is 3. The van der Waals surface area contributed by atoms with Crippen molar-refractivity contribution in [1.29, 1.82) is 0 Å². The summed E-state index contributed by atoms with van der Waals surface area (Å²) < 4.78 is 5.22. The van der Waals surface area contributed by atoms with Gasteiger partial charge in [0.2, 0.25) is 0 Å². The Morgan fingerprint density at radius 3 is 2.94 bits per heavy atom. The summed E-state index contributed by atoms with van der Waals surface area (Å²) >= 11 is 0. The minimum atomic E-state index is -0.694. The monoisotopic (exact) mass is 255 g/mol. The van der Waals surface area contributed by atoms with Crippen molar-refractivity contribution in [3.8, 4) is 0 Å². The van der Waals surface area contributed by atoms with Crippen molar-refractivity contribution in [2.75, 3.05) is 32.8 Å². The molecule has 1 spiro atoms. The second-order valence-electron chi connectivity index (χ2n) is 4.80. The topological polar surface area (TPSA) is 70.7 Å². The average Bonchev–Trinajstić information content (AvgIpc) is 2.59. The van der Waals surface area contributed by atoms with Crippen molar-refractivity contribution in [3.63, 3.8) is 0 Å². The molecule has 3 amide bonds. The van der Waals surface area contributed by atoms with E-state index in [-0.39, 0.29) is 11.9 Å². The van der Waals surface area contributed by atoms with Gasteiger partial charge in [-0.05, 0) is 32.7 Å². The van der Waals surface area contributed by atoms with Gasteiger partial charge >= 0.3 is 6.03 Å². The molecule has 102 valence electrons. The van der Waals surface area contributed by atoms with Crippen molar-refractivity contribution in [1.82, 2.24) is 15.5 Å². The number of nitrogens with zero attached hydrogens (tertiary/aromatic N) is 1. The standard InChI is InChI=1S/C12H21N3O3/c1-2-18-8-4-7-15-10(16)12(14-11(15)17)5-3-6-13-9-12/h13H,2-9H2,1H3,(H,14,17). The molecule has 1 atom stereocenters. The fourth-order valence-corrected chi connectivity index (χ4v) is 2.54. The molecule has 2 saturated heterocycles. The molecule has 2 rings (SSSR count). The number of carbonyl (C=O) groups is 2. The summed E-state index contributed by atoms with van der Waals surface area (Å²) in [4.78, 5) is 25.5. The van der Waals surface area contributed by atoms with E-state index in [4.69, 9.17) is 4.74 Å². The second-order valence-corrected chi connectivity index (χ2v) is 4.80. The fraction of sp³-hybridized carbons (Fsp3) is 0.833. The van der Waals surface area contributed by atoms with Crippen molar-refractivity contribution in [3.05, 3.63) is 0 Å². The van der Waals surface area contributed by atoms with Gasteiger partial charge in [0.1, 0.15) is 5.54 Å². The molecular formula is C12H21N3O3. The lowest BCUT2D eigenvalue weighted by Crippen LogP contribution is -2.57. The molecule has 0 radical (unpaired) electrons. The van der Waals surface area contributed by atoms with Crippen LogP contribution in [-0.2, 0) is 9.53 Å². The molecule has 0 bridgehead atoms. The van der Waals surface area contributed by atoms with Crippen LogP contribution in [0.3, 0.4) is 0 Å². The van der Waals surface area contributed by atoms with Crippen LogP contribution >= 0.6 is 0 Å². The summed E-state index contributed by atoms with van der Waals surface area (Å²) in [5, 5.41) is 6.02. The number of urea groups is 1. The largest absolute Gasteiger partial charge is 0.382 e. The van der Waals surface area contributed by atoms with Crippen LogP contribution in [-0.4, -0.2) is 55.2 Å². The lowest BCUT2D eigenvalue weighted by Gasteiger charge is -2.31. The van der Waals surface area contributed by atoms with E-state index in [0.29, 0.717) is 32.7 Å². The van der Waals surface area contributed by atoms with Crippen LogP contribution in [0.15, 0.2) is 0 Å². The van der Waals surface area contributed by atoms with Crippen molar-refractivity contribution < 1.29 is 14.3 Å². The van der Waals surface area contributed by atoms with Crippen LogP contribution in [0.25, 0.3) is 0 Å². The SMILES string of the molecule is CCOCCCN1C(=O)NC2(CCCNC2)C1=O. The van der Waals surface area contributed by atoms with Crippen molar-refractivity contribution in [2.45, 2.75) is 31.7 Å². The summed E-state index contributed by atoms with van der Waals surface area (Å²) in [7, 11) is 0. The molecule has 0 aliphatic carbocycles. The number of imide groups is 1. The molecule has 6 nitrogen and oxygen atoms in total. The first-order chi connectivity index (χ1) is 8.69. The number of piperidine rings is 1. The summed E-state index contributed by atoms with van der Waals surface area (Å²) in [6.07, 6.45) is 2.34. The maximum atomic E-state index is 12.3. The van der Waals surface area contributed by atoms with E-state index >= 15 is 0 Å². The van der Waals surface area contributed by atoms with E-state index in [0.717, 1.165) is 19.4 Å². The number of hydrogen-bond acceptors (Lipinski definition) is 4. The quantitative estimate of drug-likeness (QED) is 0.539. The minimum Gasteiger partial charge on any atom is -0.382 e. The first-order valence-electron chi connectivity index (χ1n) is 6.62. The summed E-state index contributed by atoms with van der Waals surface area (Å²) in [5.41, 5.74) is -0.694. The Morgan fingerprint density at radius 1 is 1.44 bits per heavy atom. The number of hydrogen-bond donors (Lipinski definition) is 2. The van der Waals surface area contributed by atoms with Gasteiger partial charge in [-0.3, -0.25) is 9.69 Å². The van der Waals surface area contributed by atoms with Gasteiger partial charge in [0.05, 0.1) is 0 Å². The molecule has 18 heavy (non-hydrogen) atoms. The maximum Gasteiger partial charge on any atom is 0.325 e. The fourth-order valence-electron chi connectivity index (χ4n) is 2.54. The van der Waals surface area contributed by atoms with Crippen molar-refractivity contribution >= 4 is 11.9 Å². The Morgan fingerprint density at radius 2 is 2.28 bits per heavy atom. The molecule has 2 heterocycles. The molecule has 0 saturated carbocycles. The van der Waals surface area contributed by atoms with E-state index in [9.17, 15) is 9.59 Å². The Bertz CT molecular complexity index is 327. The third-order valence-electron chi connectivity index (χ3n) is 3.50. The van der Waals surface area contributed by atoms with Gasteiger partial charge in [0.15, 0.2) is 0 Å². The number of nitrogens with one attached hydrogen (secondary N) is 2. The smallest absolute Gasteiger partial charge is 0.325 e. The van der Waals surface area contributed by atoms with Crippen LogP contribution < -0.4 is 10.6 Å². The third kappa shape index (κ3) is 2.49. The average molecular weight is 255 g/mol. The second kappa shape index (κ2) is 5.67. The molecule has 0 aromatic rings. The van der Waals surface area contributed by atoms with Crippen molar-refractivity contribution in [2.24, 2.45) is 0 Å². The van der Waals surface area contributed by atoms with Crippen LogP contribution in [0.2, 0.25) is 0 Å². The Hall–Kier alpha value is -1.14. The molecule has 2 fully saturated rings. The molecule has 0 aromatic carbocycles. The van der Waals surface area contributed by atoms with Crippen LogP contribution in [0.5, 0.6) is 0 Å². The van der Waals surface area contributed by atoms with Gasteiger partial charge in [-0.2, -0.15) is 0 Å². The van der Waals surface area contributed by atoms with Crippen LogP contribution in [0, 0.1) is 0 Å². The Kier molecular flexibility index (Phi) is 4.19. The predicted molar refractivity (Wildman–Crippen MR) is 66.2 cm³/mol. The third-order valence-corrected chi connectivity index (χ3v) is 3.50. The van der Waals surface area contributed by atoms with E-state index in [1.54, 1.807) is 0 Å². The highest BCUT2D eigenvalue weighted by atomic mass is 16.5. The highest BCUT2D eigenvalue weighted by Crippen LogP contribution is 2.24. The number of rotatable bonds is 5. The zero-order valence-corrected chi connectivity index (χ0v) is 10.8. The summed E-state index contributed by atoms with van der Waals surface area (Å²) in [5.74, 6) is -0.0869. The lowest BCUT2D eigenvalue weighted by molar-refractivity contribution is -0.132. The highest BCUT2D eigenvalue weighted by Gasteiger charge is 2.51. The van der Waals surface area contributed by atoms with E-state index in [1.165, 1.54) is 4.90 Å². The van der Waals surface area contributed by atoms with Crippen LogP contribution in [0.1, 0.15) is 26.2 Å². The first-order valence-corrected chi connectivity index (χ1v) is 6.62. The van der Waals surface area contributed by atoms with E-state index in [1.807, 2.05) is 6.92 Å². The molecule has 2 aliphatic heterocycles. The predicted octanol–water partition coefficient (Wildman–Crippen LogP) is 0.0870. The molecular weight excluding hydrogens is 234 g/mol. The van der Waals surface area contributed by atoms with Gasteiger partial charge in [0, 0.05) is 26.3 Å².